The van der Waals surface area contributed by atoms with Crippen LogP contribution < -0.4 is 16.2 Å². The molecule has 1 aromatic heterocycles. The molecule has 2 aromatic rings. The molecule has 0 fully saturated rings. The second-order valence-corrected chi connectivity index (χ2v) is 4.79. The molecule has 4 nitrogen and oxygen atoms in total. The molecule has 1 aromatic carbocycles. The third-order valence-electron chi connectivity index (χ3n) is 3.18. The van der Waals surface area contributed by atoms with E-state index in [9.17, 15) is 4.79 Å². The zero-order valence-electron chi connectivity index (χ0n) is 11.5. The maximum atomic E-state index is 11.6. The lowest BCUT2D eigenvalue weighted by atomic mass is 10.1. The zero-order valence-corrected chi connectivity index (χ0v) is 11.5. The molecule has 0 spiro atoms. The van der Waals surface area contributed by atoms with Crippen LogP contribution in [0.15, 0.2) is 35.1 Å². The summed E-state index contributed by atoms with van der Waals surface area (Å²) in [6.07, 6.45) is 0. The van der Waals surface area contributed by atoms with Crippen molar-refractivity contribution in [1.29, 1.82) is 0 Å². The summed E-state index contributed by atoms with van der Waals surface area (Å²) in [4.78, 5) is 14.5. The Morgan fingerprint density at radius 2 is 2.11 bits per heavy atom. The maximum Gasteiger partial charge on any atom is 0.248 e. The van der Waals surface area contributed by atoms with E-state index >= 15 is 0 Å². The summed E-state index contributed by atoms with van der Waals surface area (Å²) < 4.78 is 0. The third-order valence-corrected chi connectivity index (χ3v) is 3.18. The molecule has 0 radical (unpaired) electrons. The molecule has 0 saturated heterocycles. The van der Waals surface area contributed by atoms with Crippen molar-refractivity contribution in [1.82, 2.24) is 15.6 Å². The number of likely N-dealkylation sites (N-methyl/N-ethyl adjacent to an activating group) is 1. The third kappa shape index (κ3) is 3.66. The Morgan fingerprint density at radius 3 is 2.89 bits per heavy atom. The predicted molar refractivity (Wildman–Crippen MR) is 79.4 cm³/mol. The molecule has 0 amide bonds. The van der Waals surface area contributed by atoms with Gasteiger partial charge in [0.15, 0.2) is 0 Å². The van der Waals surface area contributed by atoms with Crippen LogP contribution >= 0.6 is 0 Å². The summed E-state index contributed by atoms with van der Waals surface area (Å²) in [5.74, 6) is 0. The van der Waals surface area contributed by atoms with Crippen molar-refractivity contribution in [2.24, 2.45) is 0 Å². The van der Waals surface area contributed by atoms with E-state index in [1.807, 2.05) is 24.3 Å². The van der Waals surface area contributed by atoms with Gasteiger partial charge in [0.05, 0.1) is 0 Å². The fourth-order valence-corrected chi connectivity index (χ4v) is 2.14. The number of aromatic nitrogens is 1. The minimum atomic E-state index is -0.0464. The van der Waals surface area contributed by atoms with Crippen LogP contribution in [0.4, 0.5) is 0 Å². The Labute approximate surface area is 113 Å². The van der Waals surface area contributed by atoms with Crippen LogP contribution in [0.25, 0.3) is 10.9 Å². The average molecular weight is 259 g/mol. The molecule has 0 saturated carbocycles. The first-order valence-electron chi connectivity index (χ1n) is 6.75. The second kappa shape index (κ2) is 6.50. The van der Waals surface area contributed by atoms with Crippen LogP contribution in [0.1, 0.15) is 19.4 Å². The molecular weight excluding hydrogens is 238 g/mol. The lowest BCUT2D eigenvalue weighted by Crippen LogP contribution is -2.36. The van der Waals surface area contributed by atoms with Gasteiger partial charge in [0.2, 0.25) is 5.56 Å². The molecule has 102 valence electrons. The Balaban J connectivity index is 2.14. The highest BCUT2D eigenvalue weighted by molar-refractivity contribution is 5.81. The van der Waals surface area contributed by atoms with Gasteiger partial charge in [-0.1, -0.05) is 25.1 Å². The van der Waals surface area contributed by atoms with E-state index in [1.165, 1.54) is 0 Å². The Hall–Kier alpha value is -1.65. The number of fused-ring (bicyclic) bond motifs is 1. The summed E-state index contributed by atoms with van der Waals surface area (Å²) in [5.41, 5.74) is 1.89. The SMILES string of the molecule is CCNCC(C)NCc1cc(=O)[nH]c2ccccc12. The number of rotatable bonds is 6. The quantitative estimate of drug-likeness (QED) is 0.739. The van der Waals surface area contributed by atoms with Crippen molar-refractivity contribution >= 4 is 10.9 Å². The minimum Gasteiger partial charge on any atom is -0.322 e. The van der Waals surface area contributed by atoms with Crippen LogP contribution in [0.2, 0.25) is 0 Å². The first-order valence-corrected chi connectivity index (χ1v) is 6.75. The van der Waals surface area contributed by atoms with Crippen LogP contribution in [-0.4, -0.2) is 24.1 Å². The number of H-pyrrole nitrogens is 1. The summed E-state index contributed by atoms with van der Waals surface area (Å²) in [5, 5.41) is 7.84. The highest BCUT2D eigenvalue weighted by Crippen LogP contribution is 2.14. The molecule has 2 rings (SSSR count). The number of para-hydroxylation sites is 1. The molecule has 4 heteroatoms. The minimum absolute atomic E-state index is 0.0464. The molecule has 19 heavy (non-hydrogen) atoms. The van der Waals surface area contributed by atoms with Crippen LogP contribution in [0.3, 0.4) is 0 Å². The number of pyridine rings is 1. The average Bonchev–Trinajstić information content (AvgIpc) is 2.42. The van der Waals surface area contributed by atoms with Crippen molar-refractivity contribution in [2.75, 3.05) is 13.1 Å². The lowest BCUT2D eigenvalue weighted by Gasteiger charge is -2.15. The second-order valence-electron chi connectivity index (χ2n) is 4.79. The van der Waals surface area contributed by atoms with E-state index in [1.54, 1.807) is 6.07 Å². The fraction of sp³-hybridized carbons (Fsp3) is 0.400. The molecule has 1 heterocycles. The number of aromatic amines is 1. The summed E-state index contributed by atoms with van der Waals surface area (Å²) >= 11 is 0. The van der Waals surface area contributed by atoms with E-state index in [4.69, 9.17) is 0 Å². The van der Waals surface area contributed by atoms with Crippen LogP contribution in [0.5, 0.6) is 0 Å². The molecule has 1 atom stereocenters. The predicted octanol–water partition coefficient (Wildman–Crippen LogP) is 1.62. The smallest absolute Gasteiger partial charge is 0.248 e. The molecule has 1 unspecified atom stereocenters. The van der Waals surface area contributed by atoms with Crippen molar-refractivity contribution in [3.63, 3.8) is 0 Å². The van der Waals surface area contributed by atoms with Crippen LogP contribution in [0, 0.1) is 0 Å². The van der Waals surface area contributed by atoms with Crippen molar-refractivity contribution in [3.05, 3.63) is 46.2 Å². The van der Waals surface area contributed by atoms with Crippen LogP contribution in [-0.2, 0) is 6.54 Å². The van der Waals surface area contributed by atoms with Gasteiger partial charge in [-0.05, 0) is 25.1 Å². The largest absolute Gasteiger partial charge is 0.322 e. The van der Waals surface area contributed by atoms with Gasteiger partial charge in [0.25, 0.3) is 0 Å². The van der Waals surface area contributed by atoms with Crippen molar-refractivity contribution < 1.29 is 0 Å². The van der Waals surface area contributed by atoms with Gasteiger partial charge in [0, 0.05) is 36.1 Å². The monoisotopic (exact) mass is 259 g/mol. The van der Waals surface area contributed by atoms with E-state index in [0.29, 0.717) is 12.6 Å². The van der Waals surface area contributed by atoms with E-state index in [2.05, 4.69) is 29.5 Å². The number of nitrogens with one attached hydrogen (secondary N) is 3. The first-order chi connectivity index (χ1) is 9.20. The van der Waals surface area contributed by atoms with Crippen molar-refractivity contribution in [2.45, 2.75) is 26.4 Å². The maximum absolute atomic E-state index is 11.6. The van der Waals surface area contributed by atoms with Gasteiger partial charge >= 0.3 is 0 Å². The van der Waals surface area contributed by atoms with Gasteiger partial charge in [-0.3, -0.25) is 4.79 Å². The van der Waals surface area contributed by atoms with E-state index in [0.717, 1.165) is 29.6 Å². The van der Waals surface area contributed by atoms with Gasteiger partial charge in [-0.15, -0.1) is 0 Å². The summed E-state index contributed by atoms with van der Waals surface area (Å²) in [6.45, 7) is 6.84. The first kappa shape index (κ1) is 13.8. The molecule has 0 aliphatic rings. The lowest BCUT2D eigenvalue weighted by molar-refractivity contribution is 0.510. The highest BCUT2D eigenvalue weighted by atomic mass is 16.1. The number of hydrogen-bond acceptors (Lipinski definition) is 3. The molecular formula is C15H21N3O. The van der Waals surface area contributed by atoms with E-state index < -0.39 is 0 Å². The van der Waals surface area contributed by atoms with E-state index in [-0.39, 0.29) is 5.56 Å². The van der Waals surface area contributed by atoms with Gasteiger partial charge in [0.1, 0.15) is 0 Å². The summed E-state index contributed by atoms with van der Waals surface area (Å²) in [6, 6.07) is 9.95. The van der Waals surface area contributed by atoms with Gasteiger partial charge in [-0.2, -0.15) is 0 Å². The normalized spacial score (nSPS) is 12.7. The van der Waals surface area contributed by atoms with Gasteiger partial charge < -0.3 is 15.6 Å². The Kier molecular flexibility index (Phi) is 4.71. The fourth-order valence-electron chi connectivity index (χ4n) is 2.14. The van der Waals surface area contributed by atoms with Crippen molar-refractivity contribution in [3.8, 4) is 0 Å². The number of benzene rings is 1. The Bertz CT molecular complexity index is 591. The zero-order chi connectivity index (χ0) is 13.7. The molecule has 0 aliphatic carbocycles. The molecule has 3 N–H and O–H groups in total. The highest BCUT2D eigenvalue weighted by Gasteiger charge is 2.05. The number of hydrogen-bond donors (Lipinski definition) is 3. The molecule has 0 bridgehead atoms. The van der Waals surface area contributed by atoms with Gasteiger partial charge in [-0.25, -0.2) is 0 Å². The summed E-state index contributed by atoms with van der Waals surface area (Å²) in [7, 11) is 0. The Morgan fingerprint density at radius 1 is 1.32 bits per heavy atom. The topological polar surface area (TPSA) is 56.9 Å². The standard InChI is InChI=1S/C15H21N3O/c1-3-16-9-11(2)17-10-12-8-15(19)18-14-7-5-4-6-13(12)14/h4-8,11,16-17H,3,9-10H2,1-2H3,(H,18,19). The molecule has 0 aliphatic heterocycles.